The first-order valence-electron chi connectivity index (χ1n) is 7.02. The smallest absolute Gasteiger partial charge is 0.253 e. The lowest BCUT2D eigenvalue weighted by Crippen LogP contribution is -2.28. The second kappa shape index (κ2) is 8.82. The van der Waals surface area contributed by atoms with Crippen LogP contribution in [0, 0.1) is 0 Å². The van der Waals surface area contributed by atoms with Gasteiger partial charge in [-0.25, -0.2) is 0 Å². The normalized spacial score (nSPS) is 12.2. The van der Waals surface area contributed by atoms with Crippen molar-refractivity contribution in [3.63, 3.8) is 0 Å². The highest BCUT2D eigenvalue weighted by Crippen LogP contribution is 2.23. The van der Waals surface area contributed by atoms with Crippen LogP contribution >= 0.6 is 11.6 Å². The molecule has 0 radical (unpaired) electrons. The van der Waals surface area contributed by atoms with Crippen LogP contribution < -0.4 is 11.1 Å². The van der Waals surface area contributed by atoms with Gasteiger partial charge in [0.25, 0.3) is 5.91 Å². The predicted molar refractivity (Wildman–Crippen MR) is 84.1 cm³/mol. The van der Waals surface area contributed by atoms with E-state index >= 15 is 0 Å². The molecule has 1 amide bonds. The molecule has 1 aromatic carbocycles. The van der Waals surface area contributed by atoms with Gasteiger partial charge in [0.05, 0.1) is 11.4 Å². The minimum Gasteiger partial charge on any atom is -0.397 e. The number of hydrogen-bond acceptors (Lipinski definition) is 3. The molecule has 112 valence electrons. The maximum atomic E-state index is 12.0. The highest BCUT2D eigenvalue weighted by Gasteiger charge is 2.14. The first kappa shape index (κ1) is 16.8. The second-order valence-corrected chi connectivity index (χ2v) is 5.23. The SMILES string of the molecule is CCCCCCOC(C)C(=O)Nc1cc(Cl)ccc1N. The molecular formula is C15H23ClN2O2. The molecule has 1 atom stereocenters. The summed E-state index contributed by atoms with van der Waals surface area (Å²) in [5, 5.41) is 3.26. The number of rotatable bonds is 8. The van der Waals surface area contributed by atoms with Gasteiger partial charge in [-0.3, -0.25) is 4.79 Å². The number of unbranched alkanes of at least 4 members (excludes halogenated alkanes) is 3. The van der Waals surface area contributed by atoms with Crippen LogP contribution in [0.15, 0.2) is 18.2 Å². The van der Waals surface area contributed by atoms with E-state index in [1.165, 1.54) is 12.8 Å². The lowest BCUT2D eigenvalue weighted by atomic mass is 10.2. The fraction of sp³-hybridized carbons (Fsp3) is 0.533. The zero-order valence-electron chi connectivity index (χ0n) is 12.1. The predicted octanol–water partition coefficient (Wildman–Crippen LogP) is 3.85. The molecule has 4 nitrogen and oxygen atoms in total. The van der Waals surface area contributed by atoms with E-state index in [1.807, 2.05) is 0 Å². The van der Waals surface area contributed by atoms with Crippen LogP contribution in [-0.4, -0.2) is 18.6 Å². The first-order valence-corrected chi connectivity index (χ1v) is 7.40. The molecule has 0 aromatic heterocycles. The lowest BCUT2D eigenvalue weighted by Gasteiger charge is -2.14. The Kier molecular flexibility index (Phi) is 7.41. The van der Waals surface area contributed by atoms with Gasteiger partial charge in [-0.2, -0.15) is 0 Å². The standard InChI is InChI=1S/C15H23ClN2O2/c1-3-4-5-6-9-20-11(2)15(19)18-14-10-12(16)7-8-13(14)17/h7-8,10-11H,3-6,9,17H2,1-2H3,(H,18,19). The van der Waals surface area contributed by atoms with Crippen molar-refractivity contribution in [2.75, 3.05) is 17.7 Å². The molecule has 0 heterocycles. The van der Waals surface area contributed by atoms with Gasteiger partial charge in [0.2, 0.25) is 0 Å². The van der Waals surface area contributed by atoms with Gasteiger partial charge in [0.1, 0.15) is 6.10 Å². The van der Waals surface area contributed by atoms with Crippen molar-refractivity contribution in [1.29, 1.82) is 0 Å². The number of anilines is 2. The van der Waals surface area contributed by atoms with E-state index in [2.05, 4.69) is 12.2 Å². The number of carbonyl (C=O) groups is 1. The van der Waals surface area contributed by atoms with E-state index < -0.39 is 6.10 Å². The summed E-state index contributed by atoms with van der Waals surface area (Å²) in [5.41, 5.74) is 6.78. The van der Waals surface area contributed by atoms with Crippen LogP contribution in [0.25, 0.3) is 0 Å². The highest BCUT2D eigenvalue weighted by molar-refractivity contribution is 6.31. The van der Waals surface area contributed by atoms with Crippen molar-refractivity contribution in [3.8, 4) is 0 Å². The molecule has 0 saturated carbocycles. The molecule has 1 rings (SSSR count). The molecule has 20 heavy (non-hydrogen) atoms. The maximum absolute atomic E-state index is 12.0. The van der Waals surface area contributed by atoms with Gasteiger partial charge in [0.15, 0.2) is 0 Å². The molecule has 0 aliphatic rings. The summed E-state index contributed by atoms with van der Waals surface area (Å²) < 4.78 is 5.51. The molecule has 0 bridgehead atoms. The van der Waals surface area contributed by atoms with E-state index in [1.54, 1.807) is 25.1 Å². The third-order valence-electron chi connectivity index (χ3n) is 3.01. The van der Waals surface area contributed by atoms with E-state index in [0.717, 1.165) is 12.8 Å². The van der Waals surface area contributed by atoms with Gasteiger partial charge < -0.3 is 15.8 Å². The number of benzene rings is 1. The monoisotopic (exact) mass is 298 g/mol. The summed E-state index contributed by atoms with van der Waals surface area (Å²) in [6, 6.07) is 4.97. The lowest BCUT2D eigenvalue weighted by molar-refractivity contribution is -0.126. The number of nitrogens with two attached hydrogens (primary N) is 1. The van der Waals surface area contributed by atoms with Crippen LogP contribution in [0.2, 0.25) is 5.02 Å². The zero-order valence-corrected chi connectivity index (χ0v) is 12.9. The van der Waals surface area contributed by atoms with Gasteiger partial charge in [-0.15, -0.1) is 0 Å². The summed E-state index contributed by atoms with van der Waals surface area (Å²) in [4.78, 5) is 12.0. The van der Waals surface area contributed by atoms with Crippen molar-refractivity contribution in [1.82, 2.24) is 0 Å². The largest absolute Gasteiger partial charge is 0.397 e. The quantitative estimate of drug-likeness (QED) is 0.566. The summed E-state index contributed by atoms with van der Waals surface area (Å²) in [6.45, 7) is 4.49. The number of carbonyl (C=O) groups excluding carboxylic acids is 1. The third kappa shape index (κ3) is 5.80. The Bertz CT molecular complexity index is 438. The first-order chi connectivity index (χ1) is 9.54. The Balaban J connectivity index is 2.39. The summed E-state index contributed by atoms with van der Waals surface area (Å²) >= 11 is 5.87. The van der Waals surface area contributed by atoms with E-state index in [4.69, 9.17) is 22.1 Å². The molecular weight excluding hydrogens is 276 g/mol. The fourth-order valence-corrected chi connectivity index (χ4v) is 1.91. The van der Waals surface area contributed by atoms with Gasteiger partial charge in [0, 0.05) is 11.6 Å². The molecule has 0 fully saturated rings. The molecule has 1 unspecified atom stereocenters. The van der Waals surface area contributed by atoms with Crippen molar-refractivity contribution in [3.05, 3.63) is 23.2 Å². The Morgan fingerprint density at radius 2 is 2.15 bits per heavy atom. The topological polar surface area (TPSA) is 64.3 Å². The molecule has 3 N–H and O–H groups in total. The van der Waals surface area contributed by atoms with Crippen LogP contribution in [0.4, 0.5) is 11.4 Å². The Morgan fingerprint density at radius 1 is 1.40 bits per heavy atom. The molecule has 5 heteroatoms. The number of amides is 1. The summed E-state index contributed by atoms with van der Waals surface area (Å²) in [6.07, 6.45) is 3.99. The van der Waals surface area contributed by atoms with Crippen molar-refractivity contribution >= 4 is 28.9 Å². The van der Waals surface area contributed by atoms with Crippen LogP contribution in [0.3, 0.4) is 0 Å². The number of halogens is 1. The molecule has 0 spiro atoms. The second-order valence-electron chi connectivity index (χ2n) is 4.79. The van der Waals surface area contributed by atoms with E-state index in [9.17, 15) is 4.79 Å². The summed E-state index contributed by atoms with van der Waals surface area (Å²) in [5.74, 6) is -0.213. The molecule has 0 saturated heterocycles. The van der Waals surface area contributed by atoms with Crippen LogP contribution in [0.1, 0.15) is 39.5 Å². The van der Waals surface area contributed by atoms with Gasteiger partial charge in [-0.1, -0.05) is 37.8 Å². The molecule has 0 aliphatic heterocycles. The molecule has 0 aliphatic carbocycles. The maximum Gasteiger partial charge on any atom is 0.253 e. The number of nitrogens with one attached hydrogen (secondary N) is 1. The number of nitrogen functional groups attached to an aromatic ring is 1. The Labute approximate surface area is 125 Å². The zero-order chi connectivity index (χ0) is 15.0. The molecule has 1 aromatic rings. The Morgan fingerprint density at radius 3 is 2.85 bits per heavy atom. The third-order valence-corrected chi connectivity index (χ3v) is 3.24. The van der Waals surface area contributed by atoms with Crippen molar-refractivity contribution < 1.29 is 9.53 Å². The number of hydrogen-bond donors (Lipinski definition) is 2. The number of ether oxygens (including phenoxy) is 1. The summed E-state index contributed by atoms with van der Waals surface area (Å²) in [7, 11) is 0. The minimum atomic E-state index is -0.505. The average Bonchev–Trinajstić information content (AvgIpc) is 2.42. The average molecular weight is 299 g/mol. The van der Waals surface area contributed by atoms with Crippen molar-refractivity contribution in [2.24, 2.45) is 0 Å². The van der Waals surface area contributed by atoms with Crippen molar-refractivity contribution in [2.45, 2.75) is 45.6 Å². The van der Waals surface area contributed by atoms with Crippen LogP contribution in [-0.2, 0) is 9.53 Å². The van der Waals surface area contributed by atoms with Gasteiger partial charge >= 0.3 is 0 Å². The van der Waals surface area contributed by atoms with Gasteiger partial charge in [-0.05, 0) is 31.5 Å². The Hall–Kier alpha value is -1.26. The van der Waals surface area contributed by atoms with E-state index in [0.29, 0.717) is 23.0 Å². The van der Waals surface area contributed by atoms with E-state index in [-0.39, 0.29) is 5.91 Å². The van der Waals surface area contributed by atoms with Crippen LogP contribution in [0.5, 0.6) is 0 Å². The minimum absolute atomic E-state index is 0.213. The fourth-order valence-electron chi connectivity index (χ4n) is 1.74. The highest BCUT2D eigenvalue weighted by atomic mass is 35.5.